The number of hydrogen-bond donors (Lipinski definition) is 0. The van der Waals surface area contributed by atoms with Crippen molar-refractivity contribution < 1.29 is 4.74 Å². The average Bonchev–Trinajstić information content (AvgIpc) is 3.05. The second-order valence-electron chi connectivity index (χ2n) is 5.42. The third kappa shape index (κ3) is 1.95. The second-order valence-corrected chi connectivity index (χ2v) is 5.42. The molecule has 6 heteroatoms. The molecule has 0 aliphatic carbocycles. The van der Waals surface area contributed by atoms with Gasteiger partial charge in [0.15, 0.2) is 5.65 Å². The molecule has 0 N–H and O–H groups in total. The fourth-order valence-corrected chi connectivity index (χ4v) is 2.93. The van der Waals surface area contributed by atoms with Crippen LogP contribution in [0, 0.1) is 13.8 Å². The van der Waals surface area contributed by atoms with E-state index < -0.39 is 0 Å². The maximum absolute atomic E-state index is 5.54. The zero-order valence-electron chi connectivity index (χ0n) is 13.1. The Bertz CT molecular complexity index is 1040. The normalized spacial score (nSPS) is 11.3. The molecule has 3 heterocycles. The van der Waals surface area contributed by atoms with Gasteiger partial charge in [-0.2, -0.15) is 0 Å². The van der Waals surface area contributed by atoms with Crippen LogP contribution in [-0.4, -0.2) is 31.7 Å². The van der Waals surface area contributed by atoms with Gasteiger partial charge in [0.05, 0.1) is 18.3 Å². The Kier molecular flexibility index (Phi) is 2.97. The van der Waals surface area contributed by atoms with Crippen LogP contribution >= 0.6 is 0 Å². The van der Waals surface area contributed by atoms with Gasteiger partial charge in [0.1, 0.15) is 17.6 Å². The molecule has 3 aromatic heterocycles. The molecule has 0 aliphatic rings. The molecule has 0 fully saturated rings. The van der Waals surface area contributed by atoms with Crippen LogP contribution < -0.4 is 4.74 Å². The third-order valence-electron chi connectivity index (χ3n) is 4.04. The summed E-state index contributed by atoms with van der Waals surface area (Å²) in [6.45, 7) is 3.98. The number of ether oxygens (including phenoxy) is 1. The molecule has 4 aromatic rings. The highest BCUT2D eigenvalue weighted by Crippen LogP contribution is 2.35. The summed E-state index contributed by atoms with van der Waals surface area (Å²) in [6, 6.07) is 5.99. The number of nitrogens with zero attached hydrogens (tertiary/aromatic N) is 5. The SMILES string of the molecule is COc1ccc(-c2ccncc2C)c2nc(C)c3nncn3c12. The lowest BCUT2D eigenvalue weighted by molar-refractivity contribution is 0.418. The molecule has 0 bridgehead atoms. The molecular weight excluding hydrogens is 290 g/mol. The van der Waals surface area contributed by atoms with Gasteiger partial charge in [-0.25, -0.2) is 4.98 Å². The number of aromatic nitrogens is 5. The van der Waals surface area contributed by atoms with Crippen LogP contribution in [0.4, 0.5) is 0 Å². The van der Waals surface area contributed by atoms with Gasteiger partial charge >= 0.3 is 0 Å². The van der Waals surface area contributed by atoms with Gasteiger partial charge < -0.3 is 4.74 Å². The van der Waals surface area contributed by atoms with Crippen LogP contribution in [0.5, 0.6) is 5.75 Å². The molecule has 114 valence electrons. The Morgan fingerprint density at radius 2 is 1.96 bits per heavy atom. The van der Waals surface area contributed by atoms with Crippen LogP contribution in [0.1, 0.15) is 11.3 Å². The summed E-state index contributed by atoms with van der Waals surface area (Å²) < 4.78 is 7.46. The van der Waals surface area contributed by atoms with Gasteiger partial charge in [-0.1, -0.05) is 0 Å². The Morgan fingerprint density at radius 1 is 1.09 bits per heavy atom. The molecule has 0 spiro atoms. The van der Waals surface area contributed by atoms with Gasteiger partial charge in [-0.15, -0.1) is 10.2 Å². The van der Waals surface area contributed by atoms with E-state index in [1.807, 2.05) is 42.6 Å². The van der Waals surface area contributed by atoms with Crippen molar-refractivity contribution in [3.63, 3.8) is 0 Å². The molecule has 0 saturated carbocycles. The Morgan fingerprint density at radius 3 is 2.74 bits per heavy atom. The number of rotatable bonds is 2. The molecule has 23 heavy (non-hydrogen) atoms. The summed E-state index contributed by atoms with van der Waals surface area (Å²) in [7, 11) is 1.65. The van der Waals surface area contributed by atoms with Crippen molar-refractivity contribution in [2.45, 2.75) is 13.8 Å². The first kappa shape index (κ1) is 13.6. The number of pyridine rings is 1. The van der Waals surface area contributed by atoms with Crippen molar-refractivity contribution in [2.24, 2.45) is 0 Å². The van der Waals surface area contributed by atoms with E-state index in [0.717, 1.165) is 44.8 Å². The molecule has 0 unspecified atom stereocenters. The molecular formula is C17H15N5O. The first-order valence-electron chi connectivity index (χ1n) is 7.28. The number of benzene rings is 1. The van der Waals surface area contributed by atoms with Crippen LogP contribution in [-0.2, 0) is 0 Å². The molecule has 0 aliphatic heterocycles. The van der Waals surface area contributed by atoms with E-state index in [0.29, 0.717) is 0 Å². The summed E-state index contributed by atoms with van der Waals surface area (Å²) in [5.74, 6) is 0.743. The fourth-order valence-electron chi connectivity index (χ4n) is 2.93. The first-order valence-corrected chi connectivity index (χ1v) is 7.28. The number of fused-ring (bicyclic) bond motifs is 3. The minimum Gasteiger partial charge on any atom is -0.494 e. The minimum atomic E-state index is 0.736. The summed E-state index contributed by atoms with van der Waals surface area (Å²) in [5, 5.41) is 8.16. The van der Waals surface area contributed by atoms with Gasteiger partial charge in [0, 0.05) is 18.0 Å². The Labute approximate surface area is 132 Å². The summed E-state index contributed by atoms with van der Waals surface area (Å²) in [6.07, 6.45) is 5.34. The highest BCUT2D eigenvalue weighted by atomic mass is 16.5. The standard InChI is InChI=1S/C17H15N5O/c1-10-8-18-7-6-12(10)13-4-5-14(23-3)16-15(13)20-11(2)17-21-19-9-22(16)17/h4-9H,1-3H3. The quantitative estimate of drug-likeness (QED) is 0.569. The van der Waals surface area contributed by atoms with E-state index in [9.17, 15) is 0 Å². The lowest BCUT2D eigenvalue weighted by Crippen LogP contribution is -2.00. The molecule has 0 saturated heterocycles. The maximum atomic E-state index is 5.54. The lowest BCUT2D eigenvalue weighted by atomic mass is 10.0. The Balaban J connectivity index is 2.20. The van der Waals surface area contributed by atoms with Gasteiger partial charge in [0.2, 0.25) is 0 Å². The van der Waals surface area contributed by atoms with Gasteiger partial charge in [0.25, 0.3) is 0 Å². The fraction of sp³-hybridized carbons (Fsp3) is 0.176. The molecule has 1 aromatic carbocycles. The largest absolute Gasteiger partial charge is 0.494 e. The topological polar surface area (TPSA) is 65.2 Å². The zero-order chi connectivity index (χ0) is 16.0. The van der Waals surface area contributed by atoms with Crippen molar-refractivity contribution in [1.29, 1.82) is 0 Å². The first-order chi connectivity index (χ1) is 11.2. The van der Waals surface area contributed by atoms with Gasteiger partial charge in [-0.3, -0.25) is 9.38 Å². The van der Waals surface area contributed by atoms with Crippen LogP contribution in [0.25, 0.3) is 27.8 Å². The number of methoxy groups -OCH3 is 1. The second kappa shape index (κ2) is 5.01. The predicted octanol–water partition coefficient (Wildman–Crippen LogP) is 2.96. The molecule has 0 atom stereocenters. The van der Waals surface area contributed by atoms with E-state index in [1.54, 1.807) is 19.6 Å². The average molecular weight is 305 g/mol. The van der Waals surface area contributed by atoms with E-state index in [4.69, 9.17) is 9.72 Å². The molecule has 6 nitrogen and oxygen atoms in total. The minimum absolute atomic E-state index is 0.736. The highest BCUT2D eigenvalue weighted by Gasteiger charge is 2.16. The predicted molar refractivity (Wildman–Crippen MR) is 87.5 cm³/mol. The van der Waals surface area contributed by atoms with Crippen LogP contribution in [0.3, 0.4) is 0 Å². The lowest BCUT2D eigenvalue weighted by Gasteiger charge is -2.13. The number of hydrogen-bond acceptors (Lipinski definition) is 5. The third-order valence-corrected chi connectivity index (χ3v) is 4.04. The van der Waals surface area contributed by atoms with E-state index in [1.165, 1.54) is 0 Å². The van der Waals surface area contributed by atoms with Crippen molar-refractivity contribution in [1.82, 2.24) is 24.6 Å². The summed E-state index contributed by atoms with van der Waals surface area (Å²) in [4.78, 5) is 8.95. The smallest absolute Gasteiger partial charge is 0.182 e. The molecule has 0 amide bonds. The van der Waals surface area contributed by atoms with Gasteiger partial charge in [-0.05, 0) is 43.2 Å². The number of aryl methyl sites for hydroxylation is 2. The van der Waals surface area contributed by atoms with Crippen molar-refractivity contribution in [2.75, 3.05) is 7.11 Å². The summed E-state index contributed by atoms with van der Waals surface area (Å²) >= 11 is 0. The van der Waals surface area contributed by atoms with E-state index >= 15 is 0 Å². The van der Waals surface area contributed by atoms with Crippen molar-refractivity contribution in [3.8, 4) is 16.9 Å². The summed E-state index contributed by atoms with van der Waals surface area (Å²) in [5.41, 5.74) is 6.54. The molecule has 4 rings (SSSR count). The van der Waals surface area contributed by atoms with Crippen molar-refractivity contribution >= 4 is 16.7 Å². The van der Waals surface area contributed by atoms with Crippen LogP contribution in [0.2, 0.25) is 0 Å². The maximum Gasteiger partial charge on any atom is 0.182 e. The van der Waals surface area contributed by atoms with Crippen LogP contribution in [0.15, 0.2) is 36.9 Å². The van der Waals surface area contributed by atoms with E-state index in [-0.39, 0.29) is 0 Å². The van der Waals surface area contributed by atoms with E-state index in [2.05, 4.69) is 15.2 Å². The Hall–Kier alpha value is -3.02. The monoisotopic (exact) mass is 305 g/mol. The highest BCUT2D eigenvalue weighted by molar-refractivity contribution is 5.97. The zero-order valence-corrected chi connectivity index (χ0v) is 13.1. The van der Waals surface area contributed by atoms with Crippen molar-refractivity contribution in [3.05, 3.63) is 48.2 Å². The molecule has 0 radical (unpaired) electrons.